The van der Waals surface area contributed by atoms with E-state index in [0.29, 0.717) is 0 Å². The number of hydrogen-bond donors (Lipinski definition) is 1. The van der Waals surface area contributed by atoms with E-state index in [1.807, 2.05) is 36.4 Å². The number of benzene rings is 1. The molecule has 4 nitrogen and oxygen atoms in total. The fourth-order valence-corrected chi connectivity index (χ4v) is 1.87. The van der Waals surface area contributed by atoms with Crippen molar-refractivity contribution in [2.45, 2.75) is 0 Å². The standard InChI is InChI=1S/C11H8N4S/c1-2-4-10-9(3-1)13-11(14-10)6-5-8-7-12-16-15-8/h1-7H,(H,13,14)/b6-5+. The average Bonchev–Trinajstić information content (AvgIpc) is 2.95. The Morgan fingerprint density at radius 2 is 2.12 bits per heavy atom. The average molecular weight is 228 g/mol. The first-order chi connectivity index (χ1) is 7.92. The van der Waals surface area contributed by atoms with Crippen molar-refractivity contribution in [3.05, 3.63) is 42.0 Å². The Labute approximate surface area is 96.0 Å². The lowest BCUT2D eigenvalue weighted by atomic mass is 10.3. The summed E-state index contributed by atoms with van der Waals surface area (Å²) in [5.74, 6) is 0.828. The maximum Gasteiger partial charge on any atom is 0.131 e. The maximum atomic E-state index is 4.43. The van der Waals surface area contributed by atoms with E-state index in [1.165, 1.54) is 11.7 Å². The van der Waals surface area contributed by atoms with Gasteiger partial charge in [0, 0.05) is 0 Å². The molecule has 0 aliphatic heterocycles. The molecule has 16 heavy (non-hydrogen) atoms. The van der Waals surface area contributed by atoms with Crippen LogP contribution in [0, 0.1) is 0 Å². The first-order valence-electron chi connectivity index (χ1n) is 4.82. The van der Waals surface area contributed by atoms with Gasteiger partial charge in [-0.25, -0.2) is 4.98 Å². The third-order valence-corrected chi connectivity index (χ3v) is 2.69. The molecule has 0 spiro atoms. The smallest absolute Gasteiger partial charge is 0.131 e. The van der Waals surface area contributed by atoms with Gasteiger partial charge >= 0.3 is 0 Å². The molecular weight excluding hydrogens is 220 g/mol. The largest absolute Gasteiger partial charge is 0.338 e. The molecule has 0 fully saturated rings. The number of hydrogen-bond acceptors (Lipinski definition) is 4. The van der Waals surface area contributed by atoms with E-state index in [0.717, 1.165) is 22.6 Å². The monoisotopic (exact) mass is 228 g/mol. The van der Waals surface area contributed by atoms with Crippen molar-refractivity contribution < 1.29 is 0 Å². The van der Waals surface area contributed by atoms with E-state index in [2.05, 4.69) is 18.7 Å². The molecule has 0 aliphatic carbocycles. The molecule has 1 aromatic carbocycles. The van der Waals surface area contributed by atoms with Crippen LogP contribution in [0.2, 0.25) is 0 Å². The molecule has 1 N–H and O–H groups in total. The van der Waals surface area contributed by atoms with Crippen molar-refractivity contribution in [2.24, 2.45) is 0 Å². The van der Waals surface area contributed by atoms with Crippen molar-refractivity contribution in [3.8, 4) is 0 Å². The molecule has 0 saturated carbocycles. The number of H-pyrrole nitrogens is 1. The van der Waals surface area contributed by atoms with Gasteiger partial charge in [-0.2, -0.15) is 8.75 Å². The number of aromatic amines is 1. The minimum absolute atomic E-state index is 0.828. The predicted molar refractivity (Wildman–Crippen MR) is 64.9 cm³/mol. The Morgan fingerprint density at radius 1 is 1.19 bits per heavy atom. The van der Waals surface area contributed by atoms with E-state index < -0.39 is 0 Å². The normalized spacial score (nSPS) is 11.5. The minimum Gasteiger partial charge on any atom is -0.338 e. The lowest BCUT2D eigenvalue weighted by Crippen LogP contribution is -1.73. The van der Waals surface area contributed by atoms with Gasteiger partial charge in [0.25, 0.3) is 0 Å². The highest BCUT2D eigenvalue weighted by atomic mass is 32.1. The van der Waals surface area contributed by atoms with E-state index in [-0.39, 0.29) is 0 Å². The number of nitrogens with zero attached hydrogens (tertiary/aromatic N) is 3. The zero-order valence-corrected chi connectivity index (χ0v) is 9.11. The Kier molecular flexibility index (Phi) is 2.23. The van der Waals surface area contributed by atoms with Gasteiger partial charge in [0.2, 0.25) is 0 Å². The van der Waals surface area contributed by atoms with Crippen molar-refractivity contribution in [1.82, 2.24) is 18.7 Å². The second-order valence-electron chi connectivity index (χ2n) is 3.30. The summed E-state index contributed by atoms with van der Waals surface area (Å²) in [6, 6.07) is 7.94. The molecule has 2 aromatic heterocycles. The quantitative estimate of drug-likeness (QED) is 0.733. The highest BCUT2D eigenvalue weighted by Gasteiger charge is 1.98. The van der Waals surface area contributed by atoms with Gasteiger partial charge in [-0.3, -0.25) is 0 Å². The molecule has 0 atom stereocenters. The third-order valence-electron chi connectivity index (χ3n) is 2.20. The maximum absolute atomic E-state index is 4.43. The lowest BCUT2D eigenvalue weighted by molar-refractivity contribution is 1.29. The number of aromatic nitrogens is 4. The molecule has 0 saturated heterocycles. The fourth-order valence-electron chi connectivity index (χ4n) is 1.46. The fraction of sp³-hybridized carbons (Fsp3) is 0. The summed E-state index contributed by atoms with van der Waals surface area (Å²) in [6.45, 7) is 0. The van der Waals surface area contributed by atoms with Crippen molar-refractivity contribution in [1.29, 1.82) is 0 Å². The summed E-state index contributed by atoms with van der Waals surface area (Å²) < 4.78 is 8.01. The van der Waals surface area contributed by atoms with Crippen LogP contribution in [0.1, 0.15) is 11.5 Å². The first-order valence-corrected chi connectivity index (χ1v) is 5.55. The van der Waals surface area contributed by atoms with Crippen molar-refractivity contribution >= 4 is 34.9 Å². The van der Waals surface area contributed by atoms with Gasteiger partial charge in [0.05, 0.1) is 34.7 Å². The summed E-state index contributed by atoms with van der Waals surface area (Å²) in [7, 11) is 0. The molecule has 0 unspecified atom stereocenters. The Hall–Kier alpha value is -2.01. The summed E-state index contributed by atoms with van der Waals surface area (Å²) in [5, 5.41) is 0. The number of fused-ring (bicyclic) bond motifs is 1. The van der Waals surface area contributed by atoms with E-state index in [9.17, 15) is 0 Å². The van der Waals surface area contributed by atoms with Crippen LogP contribution in [0.25, 0.3) is 23.2 Å². The Bertz CT molecular complexity index is 591. The zero-order chi connectivity index (χ0) is 10.8. The Morgan fingerprint density at radius 3 is 2.94 bits per heavy atom. The van der Waals surface area contributed by atoms with Crippen LogP contribution in [-0.4, -0.2) is 18.7 Å². The number of para-hydroxylation sites is 2. The molecular formula is C11H8N4S. The van der Waals surface area contributed by atoms with E-state index in [4.69, 9.17) is 0 Å². The molecule has 0 bridgehead atoms. The van der Waals surface area contributed by atoms with Gasteiger partial charge in [0.15, 0.2) is 0 Å². The van der Waals surface area contributed by atoms with Crippen LogP contribution in [0.15, 0.2) is 30.5 Å². The summed E-state index contributed by atoms with van der Waals surface area (Å²) >= 11 is 1.20. The van der Waals surface area contributed by atoms with Crippen molar-refractivity contribution in [3.63, 3.8) is 0 Å². The molecule has 3 aromatic rings. The SMILES string of the molecule is C(=C\c1nc2ccccc2[nH]1)/c1cnsn1. The third kappa shape index (κ3) is 1.72. The van der Waals surface area contributed by atoms with E-state index in [1.54, 1.807) is 6.20 Å². The Balaban J connectivity index is 1.95. The van der Waals surface area contributed by atoms with Crippen LogP contribution < -0.4 is 0 Å². The van der Waals surface area contributed by atoms with Crippen LogP contribution >= 0.6 is 11.7 Å². The number of imidazole rings is 1. The van der Waals surface area contributed by atoms with Crippen LogP contribution in [-0.2, 0) is 0 Å². The molecule has 78 valence electrons. The highest BCUT2D eigenvalue weighted by molar-refractivity contribution is 6.99. The zero-order valence-electron chi connectivity index (χ0n) is 8.29. The molecule has 0 radical (unpaired) electrons. The summed E-state index contributed by atoms with van der Waals surface area (Å²) in [5.41, 5.74) is 2.86. The van der Waals surface area contributed by atoms with Gasteiger partial charge in [0.1, 0.15) is 5.82 Å². The number of rotatable bonds is 2. The van der Waals surface area contributed by atoms with Gasteiger partial charge in [-0.05, 0) is 24.3 Å². The van der Waals surface area contributed by atoms with Crippen LogP contribution in [0.3, 0.4) is 0 Å². The summed E-state index contributed by atoms with van der Waals surface area (Å²) in [4.78, 5) is 7.64. The number of nitrogens with one attached hydrogen (secondary N) is 1. The minimum atomic E-state index is 0.828. The van der Waals surface area contributed by atoms with Gasteiger partial charge in [-0.1, -0.05) is 12.1 Å². The molecule has 0 aliphatic rings. The van der Waals surface area contributed by atoms with Gasteiger partial charge in [-0.15, -0.1) is 0 Å². The second kappa shape index (κ2) is 3.86. The first kappa shape index (κ1) is 9.23. The molecule has 0 amide bonds. The van der Waals surface area contributed by atoms with Crippen LogP contribution in [0.4, 0.5) is 0 Å². The predicted octanol–water partition coefficient (Wildman–Crippen LogP) is 2.58. The molecule has 5 heteroatoms. The summed E-state index contributed by atoms with van der Waals surface area (Å²) in [6.07, 6.45) is 5.52. The molecule has 2 heterocycles. The van der Waals surface area contributed by atoms with Gasteiger partial charge < -0.3 is 4.98 Å². The lowest BCUT2D eigenvalue weighted by Gasteiger charge is -1.82. The molecule has 3 rings (SSSR count). The van der Waals surface area contributed by atoms with Crippen LogP contribution in [0.5, 0.6) is 0 Å². The van der Waals surface area contributed by atoms with E-state index >= 15 is 0 Å². The second-order valence-corrected chi connectivity index (χ2v) is 3.86. The highest BCUT2D eigenvalue weighted by Crippen LogP contribution is 2.12. The topological polar surface area (TPSA) is 54.5 Å². The van der Waals surface area contributed by atoms with Crippen molar-refractivity contribution in [2.75, 3.05) is 0 Å².